The minimum atomic E-state index is -4.82. The lowest BCUT2D eigenvalue weighted by Crippen LogP contribution is -2.47. The molecule has 1 aromatic heterocycles. The van der Waals surface area contributed by atoms with Gasteiger partial charge in [-0.25, -0.2) is 8.96 Å². The zero-order valence-electron chi connectivity index (χ0n) is 21.0. The van der Waals surface area contributed by atoms with Crippen LogP contribution in [0, 0.1) is 5.82 Å². The van der Waals surface area contributed by atoms with Crippen LogP contribution in [-0.2, 0) is 28.5 Å². The topological polar surface area (TPSA) is 148 Å². The third-order valence-electron chi connectivity index (χ3n) is 6.79. The molecule has 13 heteroatoms. The van der Waals surface area contributed by atoms with Crippen molar-refractivity contribution in [3.63, 3.8) is 0 Å². The number of ether oxygens (including phenoxy) is 1. The molecule has 0 radical (unpaired) electrons. The number of halogens is 1. The standard InChI is InChI=1S/C24H35FN3O8P/c1-15(2)35-21-5-4-16(25)12-19(21)27-10-8-26(9-11-27)6-3-7-28-23(30)17-13-20(29)22(36-37(32,33)34)14-18(17)24(28)31/h4-5,12,15,20,22,29-31H,3,6-11,13-14H2,1-2H3,(H2,32,33,34). The normalized spacial score (nSPS) is 20.9. The van der Waals surface area contributed by atoms with Crippen molar-refractivity contribution in [2.24, 2.45) is 0 Å². The highest BCUT2D eigenvalue weighted by Gasteiger charge is 2.38. The number of aliphatic hydroxyl groups excluding tert-OH is 1. The van der Waals surface area contributed by atoms with Crippen LogP contribution >= 0.6 is 7.82 Å². The Morgan fingerprint density at radius 3 is 2.32 bits per heavy atom. The third kappa shape index (κ3) is 6.57. The van der Waals surface area contributed by atoms with Crippen LogP contribution < -0.4 is 9.64 Å². The van der Waals surface area contributed by atoms with Crippen LogP contribution in [0.5, 0.6) is 17.5 Å². The fourth-order valence-corrected chi connectivity index (χ4v) is 5.62. The zero-order valence-corrected chi connectivity index (χ0v) is 21.9. The van der Waals surface area contributed by atoms with Crippen molar-refractivity contribution in [3.05, 3.63) is 35.1 Å². The summed E-state index contributed by atoms with van der Waals surface area (Å²) in [5.74, 6) is 0.00253. The van der Waals surface area contributed by atoms with Gasteiger partial charge in [-0.15, -0.1) is 0 Å². The molecule has 4 rings (SSSR count). The second kappa shape index (κ2) is 11.2. The van der Waals surface area contributed by atoms with Crippen LogP contribution in [0.4, 0.5) is 10.1 Å². The van der Waals surface area contributed by atoms with E-state index in [4.69, 9.17) is 14.5 Å². The first-order valence-electron chi connectivity index (χ1n) is 12.4. The number of aliphatic hydroxyl groups is 1. The second-order valence-electron chi connectivity index (χ2n) is 9.83. The molecule has 1 saturated heterocycles. The number of aromatic nitrogens is 1. The Hall–Kier alpha value is -2.34. The van der Waals surface area contributed by atoms with E-state index >= 15 is 0 Å². The van der Waals surface area contributed by atoms with Crippen LogP contribution in [0.3, 0.4) is 0 Å². The largest absolute Gasteiger partial charge is 0.494 e. The van der Waals surface area contributed by atoms with E-state index in [1.54, 1.807) is 6.07 Å². The molecule has 1 fully saturated rings. The van der Waals surface area contributed by atoms with Crippen LogP contribution in [0.25, 0.3) is 0 Å². The van der Waals surface area contributed by atoms with Crippen LogP contribution in [0.2, 0.25) is 0 Å². The Balaban J connectivity index is 1.33. The third-order valence-corrected chi connectivity index (χ3v) is 7.33. The monoisotopic (exact) mass is 543 g/mol. The van der Waals surface area contributed by atoms with Crippen molar-refractivity contribution in [2.45, 2.75) is 58.0 Å². The molecule has 37 heavy (non-hydrogen) atoms. The summed E-state index contributed by atoms with van der Waals surface area (Å²) >= 11 is 0. The molecule has 0 spiro atoms. The summed E-state index contributed by atoms with van der Waals surface area (Å²) in [6.07, 6.45) is -2.01. The molecule has 0 bridgehead atoms. The Bertz CT molecular complexity index is 1150. The Morgan fingerprint density at radius 2 is 1.70 bits per heavy atom. The molecular formula is C24H35FN3O8P. The summed E-state index contributed by atoms with van der Waals surface area (Å²) in [4.78, 5) is 22.5. The van der Waals surface area contributed by atoms with E-state index in [0.717, 1.165) is 18.8 Å². The summed E-state index contributed by atoms with van der Waals surface area (Å²) in [5, 5.41) is 31.5. The predicted octanol–water partition coefficient (Wildman–Crippen LogP) is 1.98. The highest BCUT2D eigenvalue weighted by molar-refractivity contribution is 7.46. The van der Waals surface area contributed by atoms with Crippen LogP contribution in [0.15, 0.2) is 18.2 Å². The van der Waals surface area contributed by atoms with Crippen LogP contribution in [0.1, 0.15) is 31.4 Å². The lowest BCUT2D eigenvalue weighted by atomic mass is 9.90. The number of piperazine rings is 1. The fraction of sp³-hybridized carbons (Fsp3) is 0.583. The molecule has 11 nitrogen and oxygen atoms in total. The SMILES string of the molecule is CC(C)Oc1ccc(F)cc1N1CCN(CCCn2c(O)c3c(c2O)CC(OP(=O)(O)O)C(O)C3)CC1. The van der Waals surface area contributed by atoms with Crippen molar-refractivity contribution in [2.75, 3.05) is 37.6 Å². The van der Waals surface area contributed by atoms with Gasteiger partial charge in [0.15, 0.2) is 11.8 Å². The van der Waals surface area contributed by atoms with Gasteiger partial charge in [-0.3, -0.25) is 14.0 Å². The molecule has 2 unspecified atom stereocenters. The Kier molecular flexibility index (Phi) is 8.37. The van der Waals surface area contributed by atoms with Crippen molar-refractivity contribution in [1.29, 1.82) is 0 Å². The van der Waals surface area contributed by atoms with Crippen molar-refractivity contribution in [1.82, 2.24) is 9.47 Å². The Labute approximate surface area is 214 Å². The number of aromatic hydroxyl groups is 2. The highest BCUT2D eigenvalue weighted by atomic mass is 31.2. The quantitative estimate of drug-likeness (QED) is 0.297. The number of phosphoric acid groups is 1. The zero-order chi connectivity index (χ0) is 26.9. The van der Waals surface area contributed by atoms with Gasteiger partial charge < -0.3 is 34.7 Å². The maximum atomic E-state index is 13.9. The van der Waals surface area contributed by atoms with E-state index in [9.17, 15) is 24.3 Å². The minimum Gasteiger partial charge on any atom is -0.494 e. The van der Waals surface area contributed by atoms with Gasteiger partial charge in [-0.1, -0.05) is 0 Å². The maximum Gasteiger partial charge on any atom is 0.469 e. The van der Waals surface area contributed by atoms with Gasteiger partial charge in [0, 0.05) is 62.8 Å². The van der Waals surface area contributed by atoms with Gasteiger partial charge in [0.2, 0.25) is 0 Å². The molecule has 2 aliphatic rings. The van der Waals surface area contributed by atoms with E-state index in [-0.39, 0.29) is 36.5 Å². The fourth-order valence-electron chi connectivity index (χ4n) is 5.05. The summed E-state index contributed by atoms with van der Waals surface area (Å²) in [6.45, 7) is 7.80. The van der Waals surface area contributed by atoms with Gasteiger partial charge >= 0.3 is 7.82 Å². The van der Waals surface area contributed by atoms with Crippen molar-refractivity contribution in [3.8, 4) is 17.5 Å². The number of nitrogens with zero attached hydrogens (tertiary/aromatic N) is 3. The molecule has 1 aromatic carbocycles. The molecule has 5 N–H and O–H groups in total. The highest BCUT2D eigenvalue weighted by Crippen LogP contribution is 2.44. The lowest BCUT2D eigenvalue weighted by Gasteiger charge is -2.37. The lowest BCUT2D eigenvalue weighted by molar-refractivity contribution is 0.0115. The van der Waals surface area contributed by atoms with E-state index < -0.39 is 20.0 Å². The molecular weight excluding hydrogens is 508 g/mol. The first-order chi connectivity index (χ1) is 17.4. The Morgan fingerprint density at radius 1 is 1.05 bits per heavy atom. The summed E-state index contributed by atoms with van der Waals surface area (Å²) in [7, 11) is -4.82. The molecule has 2 aromatic rings. The number of anilines is 1. The van der Waals surface area contributed by atoms with Crippen molar-refractivity contribution >= 4 is 13.5 Å². The summed E-state index contributed by atoms with van der Waals surface area (Å²) < 4.78 is 37.0. The maximum absolute atomic E-state index is 13.9. The van der Waals surface area contributed by atoms with Crippen molar-refractivity contribution < 1.29 is 43.3 Å². The molecule has 206 valence electrons. The van der Waals surface area contributed by atoms with Gasteiger partial charge in [-0.2, -0.15) is 0 Å². The molecule has 2 heterocycles. The average Bonchev–Trinajstić information content (AvgIpc) is 3.04. The van der Waals surface area contributed by atoms with Crippen LogP contribution in [-0.4, -0.2) is 85.6 Å². The number of fused-ring (bicyclic) bond motifs is 1. The number of phosphoric ester groups is 1. The number of rotatable bonds is 9. The molecule has 0 saturated carbocycles. The number of benzene rings is 1. The second-order valence-corrected chi connectivity index (χ2v) is 11.0. The first-order valence-corrected chi connectivity index (χ1v) is 13.9. The van der Waals surface area contributed by atoms with E-state index in [2.05, 4.69) is 14.3 Å². The van der Waals surface area contributed by atoms with E-state index in [1.807, 2.05) is 13.8 Å². The summed E-state index contributed by atoms with van der Waals surface area (Å²) in [5.41, 5.74) is 1.42. The predicted molar refractivity (Wildman–Crippen MR) is 134 cm³/mol. The first kappa shape index (κ1) is 27.7. The molecule has 1 aliphatic carbocycles. The van der Waals surface area contributed by atoms with E-state index in [1.165, 1.54) is 16.7 Å². The average molecular weight is 544 g/mol. The van der Waals surface area contributed by atoms with Gasteiger partial charge in [0.1, 0.15) is 11.6 Å². The molecule has 0 amide bonds. The molecule has 2 atom stereocenters. The number of hydrogen-bond donors (Lipinski definition) is 5. The molecule has 1 aliphatic heterocycles. The summed E-state index contributed by atoms with van der Waals surface area (Å²) in [6, 6.07) is 4.55. The van der Waals surface area contributed by atoms with Gasteiger partial charge in [-0.05, 0) is 38.9 Å². The van der Waals surface area contributed by atoms with Gasteiger partial charge in [0.05, 0.1) is 24.0 Å². The number of hydrogen-bond acceptors (Lipinski definition) is 8. The van der Waals surface area contributed by atoms with Gasteiger partial charge in [0.25, 0.3) is 0 Å². The smallest absolute Gasteiger partial charge is 0.469 e. The minimum absolute atomic E-state index is 0.0227. The van der Waals surface area contributed by atoms with E-state index in [0.29, 0.717) is 49.5 Å².